The maximum atomic E-state index is 12.1. The lowest BCUT2D eigenvalue weighted by atomic mass is 9.83. The van der Waals surface area contributed by atoms with Crippen LogP contribution < -0.4 is 5.32 Å². The number of nitrogens with zero attached hydrogens (tertiary/aromatic N) is 1. The second-order valence-corrected chi connectivity index (χ2v) is 6.70. The SMILES string of the molecule is CCCC1(C(=O)O)CCN(C(=O)NC2CC2(C)C)C1. The average Bonchev–Trinajstić information content (AvgIpc) is 2.76. The predicted molar refractivity (Wildman–Crippen MR) is 71.9 cm³/mol. The molecule has 0 aromatic rings. The molecule has 2 fully saturated rings. The van der Waals surface area contributed by atoms with Crippen molar-refractivity contribution in [3.8, 4) is 0 Å². The number of rotatable bonds is 4. The third-order valence-electron chi connectivity index (χ3n) is 4.63. The van der Waals surface area contributed by atoms with Gasteiger partial charge in [-0.1, -0.05) is 27.2 Å². The molecule has 1 aliphatic heterocycles. The van der Waals surface area contributed by atoms with E-state index in [1.54, 1.807) is 4.90 Å². The topological polar surface area (TPSA) is 69.6 Å². The van der Waals surface area contributed by atoms with Gasteiger partial charge in [-0.2, -0.15) is 0 Å². The number of likely N-dealkylation sites (tertiary alicyclic amines) is 1. The Kier molecular flexibility index (Phi) is 3.49. The Morgan fingerprint density at radius 3 is 2.53 bits per heavy atom. The highest BCUT2D eigenvalue weighted by Gasteiger charge is 2.49. The molecular weight excluding hydrogens is 244 g/mol. The first kappa shape index (κ1) is 14.2. The van der Waals surface area contributed by atoms with E-state index in [0.29, 0.717) is 25.9 Å². The van der Waals surface area contributed by atoms with E-state index in [1.165, 1.54) is 0 Å². The largest absolute Gasteiger partial charge is 0.481 e. The van der Waals surface area contributed by atoms with Crippen molar-refractivity contribution in [1.82, 2.24) is 10.2 Å². The van der Waals surface area contributed by atoms with E-state index in [4.69, 9.17) is 0 Å². The fraction of sp³-hybridized carbons (Fsp3) is 0.857. The zero-order chi connectivity index (χ0) is 14.3. The summed E-state index contributed by atoms with van der Waals surface area (Å²) in [5.41, 5.74) is -0.534. The molecule has 0 bridgehead atoms. The van der Waals surface area contributed by atoms with Crippen LogP contribution in [0.3, 0.4) is 0 Å². The molecule has 2 unspecified atom stereocenters. The van der Waals surface area contributed by atoms with E-state index in [-0.39, 0.29) is 17.5 Å². The van der Waals surface area contributed by atoms with Gasteiger partial charge in [0.25, 0.3) is 0 Å². The number of carbonyl (C=O) groups is 2. The molecule has 0 radical (unpaired) electrons. The minimum Gasteiger partial charge on any atom is -0.481 e. The van der Waals surface area contributed by atoms with E-state index in [9.17, 15) is 14.7 Å². The quantitative estimate of drug-likeness (QED) is 0.820. The van der Waals surface area contributed by atoms with E-state index in [0.717, 1.165) is 12.8 Å². The highest BCUT2D eigenvalue weighted by molar-refractivity contribution is 5.80. The molecule has 5 heteroatoms. The molecule has 1 saturated heterocycles. The van der Waals surface area contributed by atoms with E-state index < -0.39 is 11.4 Å². The molecule has 2 amide bonds. The Morgan fingerprint density at radius 2 is 2.05 bits per heavy atom. The van der Waals surface area contributed by atoms with Gasteiger partial charge in [-0.05, 0) is 24.7 Å². The zero-order valence-electron chi connectivity index (χ0n) is 12.0. The van der Waals surface area contributed by atoms with Crippen molar-refractivity contribution < 1.29 is 14.7 Å². The van der Waals surface area contributed by atoms with Crippen molar-refractivity contribution in [3.63, 3.8) is 0 Å². The van der Waals surface area contributed by atoms with Crippen LogP contribution in [0, 0.1) is 10.8 Å². The second kappa shape index (κ2) is 4.69. The molecule has 0 spiro atoms. The van der Waals surface area contributed by atoms with Crippen molar-refractivity contribution in [3.05, 3.63) is 0 Å². The smallest absolute Gasteiger partial charge is 0.317 e. The van der Waals surface area contributed by atoms with Crippen molar-refractivity contribution in [2.24, 2.45) is 10.8 Å². The summed E-state index contributed by atoms with van der Waals surface area (Å²) >= 11 is 0. The van der Waals surface area contributed by atoms with E-state index in [1.807, 2.05) is 6.92 Å². The van der Waals surface area contributed by atoms with Crippen LogP contribution >= 0.6 is 0 Å². The van der Waals surface area contributed by atoms with Crippen molar-refractivity contribution in [2.75, 3.05) is 13.1 Å². The summed E-state index contributed by atoms with van der Waals surface area (Å²) in [6, 6.07) is 0.140. The summed E-state index contributed by atoms with van der Waals surface area (Å²) < 4.78 is 0. The second-order valence-electron chi connectivity index (χ2n) is 6.70. The lowest BCUT2D eigenvalue weighted by molar-refractivity contribution is -0.148. The number of carbonyl (C=O) groups excluding carboxylic acids is 1. The molecule has 5 nitrogen and oxygen atoms in total. The molecular formula is C14H24N2O3. The number of urea groups is 1. The molecule has 0 aromatic carbocycles. The summed E-state index contributed by atoms with van der Waals surface area (Å²) in [4.78, 5) is 25.2. The maximum absolute atomic E-state index is 12.1. The van der Waals surface area contributed by atoms with Gasteiger partial charge in [0, 0.05) is 19.1 Å². The van der Waals surface area contributed by atoms with Gasteiger partial charge < -0.3 is 15.3 Å². The lowest BCUT2D eigenvalue weighted by Gasteiger charge is -2.24. The molecule has 2 rings (SSSR count). The minimum absolute atomic E-state index is 0.102. The standard InChI is InChI=1S/C14H24N2O3/c1-4-5-14(11(17)18)6-7-16(9-14)12(19)15-10-8-13(10,2)3/h10H,4-9H2,1-3H3,(H,15,19)(H,17,18). The van der Waals surface area contributed by atoms with Crippen LogP contribution in [-0.4, -0.2) is 41.1 Å². The van der Waals surface area contributed by atoms with Gasteiger partial charge in [0.15, 0.2) is 0 Å². The minimum atomic E-state index is -0.767. The normalized spacial score (nSPS) is 32.2. The van der Waals surface area contributed by atoms with Crippen molar-refractivity contribution in [2.45, 2.75) is 52.5 Å². The van der Waals surface area contributed by atoms with Crippen LogP contribution in [-0.2, 0) is 4.79 Å². The molecule has 0 aromatic heterocycles. The Morgan fingerprint density at radius 1 is 1.42 bits per heavy atom. The summed E-state index contributed by atoms with van der Waals surface area (Å²) in [6.45, 7) is 7.13. The van der Waals surface area contributed by atoms with Crippen LogP contribution in [0.25, 0.3) is 0 Å². The van der Waals surface area contributed by atoms with Gasteiger partial charge in [0.1, 0.15) is 0 Å². The van der Waals surface area contributed by atoms with Gasteiger partial charge in [0.05, 0.1) is 5.41 Å². The number of hydrogen-bond acceptors (Lipinski definition) is 2. The van der Waals surface area contributed by atoms with E-state index >= 15 is 0 Å². The molecule has 19 heavy (non-hydrogen) atoms. The molecule has 2 aliphatic rings. The monoisotopic (exact) mass is 268 g/mol. The molecule has 1 aliphatic carbocycles. The number of carboxylic acid groups (broad SMARTS) is 1. The Hall–Kier alpha value is -1.26. The third-order valence-corrected chi connectivity index (χ3v) is 4.63. The summed E-state index contributed by atoms with van der Waals surface area (Å²) in [7, 11) is 0. The highest BCUT2D eigenvalue weighted by atomic mass is 16.4. The summed E-state index contributed by atoms with van der Waals surface area (Å²) in [6.07, 6.45) is 3.04. The fourth-order valence-electron chi connectivity index (χ4n) is 2.96. The molecule has 1 heterocycles. The molecule has 1 saturated carbocycles. The van der Waals surface area contributed by atoms with E-state index in [2.05, 4.69) is 19.2 Å². The molecule has 2 N–H and O–H groups in total. The van der Waals surface area contributed by atoms with Gasteiger partial charge in [-0.25, -0.2) is 4.79 Å². The molecule has 108 valence electrons. The van der Waals surface area contributed by atoms with Crippen LogP contribution in [0.2, 0.25) is 0 Å². The van der Waals surface area contributed by atoms with Crippen LogP contribution in [0.4, 0.5) is 4.79 Å². The van der Waals surface area contributed by atoms with Crippen LogP contribution in [0.5, 0.6) is 0 Å². The highest BCUT2D eigenvalue weighted by Crippen LogP contribution is 2.45. The van der Waals surface area contributed by atoms with Crippen LogP contribution in [0.1, 0.15) is 46.5 Å². The Labute approximate surface area is 114 Å². The lowest BCUT2D eigenvalue weighted by Crippen LogP contribution is -2.43. The average molecular weight is 268 g/mol. The predicted octanol–water partition coefficient (Wildman–Crippen LogP) is 2.07. The van der Waals surface area contributed by atoms with Gasteiger partial charge in [0.2, 0.25) is 0 Å². The third kappa shape index (κ3) is 2.69. The fourth-order valence-corrected chi connectivity index (χ4v) is 2.96. The Balaban J connectivity index is 1.93. The first-order valence-electron chi connectivity index (χ1n) is 7.09. The zero-order valence-corrected chi connectivity index (χ0v) is 12.0. The number of carboxylic acids is 1. The number of nitrogens with one attached hydrogen (secondary N) is 1. The maximum Gasteiger partial charge on any atom is 0.317 e. The van der Waals surface area contributed by atoms with Gasteiger partial charge in [-0.15, -0.1) is 0 Å². The van der Waals surface area contributed by atoms with Gasteiger partial charge in [-0.3, -0.25) is 4.79 Å². The molecule has 2 atom stereocenters. The number of aliphatic carboxylic acids is 1. The van der Waals surface area contributed by atoms with Crippen molar-refractivity contribution >= 4 is 12.0 Å². The Bertz CT molecular complexity index is 394. The summed E-state index contributed by atoms with van der Waals surface area (Å²) in [5.74, 6) is -0.767. The van der Waals surface area contributed by atoms with Crippen LogP contribution in [0.15, 0.2) is 0 Å². The first-order valence-corrected chi connectivity index (χ1v) is 7.09. The number of amides is 2. The number of hydrogen-bond donors (Lipinski definition) is 2. The summed E-state index contributed by atoms with van der Waals surface area (Å²) in [5, 5.41) is 12.4. The van der Waals surface area contributed by atoms with Crippen molar-refractivity contribution in [1.29, 1.82) is 0 Å². The first-order chi connectivity index (χ1) is 8.81. The van der Waals surface area contributed by atoms with Gasteiger partial charge >= 0.3 is 12.0 Å².